The lowest BCUT2D eigenvalue weighted by Gasteiger charge is -2.14. The summed E-state index contributed by atoms with van der Waals surface area (Å²) in [5.41, 5.74) is 2.65. The van der Waals surface area contributed by atoms with Gasteiger partial charge in [-0.1, -0.05) is 11.6 Å². The fourth-order valence-electron chi connectivity index (χ4n) is 3.48. The van der Waals surface area contributed by atoms with E-state index in [0.717, 1.165) is 11.1 Å². The molecule has 3 rings (SSSR count). The fraction of sp³-hybridized carbons (Fsp3) is 0.280. The molecule has 2 aromatic carbocycles. The summed E-state index contributed by atoms with van der Waals surface area (Å²) >= 11 is 0. The second-order valence-corrected chi connectivity index (χ2v) is 7.53. The van der Waals surface area contributed by atoms with Crippen molar-refractivity contribution in [2.75, 3.05) is 26.6 Å². The van der Waals surface area contributed by atoms with E-state index in [4.69, 9.17) is 18.6 Å². The third kappa shape index (κ3) is 4.46. The highest BCUT2D eigenvalue weighted by molar-refractivity contribution is 6.06. The Labute approximate surface area is 186 Å². The van der Waals surface area contributed by atoms with Gasteiger partial charge in [-0.25, -0.2) is 4.79 Å². The van der Waals surface area contributed by atoms with Crippen LogP contribution in [0.3, 0.4) is 0 Å². The summed E-state index contributed by atoms with van der Waals surface area (Å²) in [5, 5.41) is 3.21. The van der Waals surface area contributed by atoms with E-state index in [0.29, 0.717) is 40.0 Å². The first-order chi connectivity index (χ1) is 15.3. The molecule has 0 spiro atoms. The molecule has 0 aliphatic heterocycles. The number of anilines is 1. The maximum atomic E-state index is 13.0. The van der Waals surface area contributed by atoms with E-state index in [-0.39, 0.29) is 11.4 Å². The van der Waals surface area contributed by atoms with Gasteiger partial charge in [0.15, 0.2) is 11.4 Å². The highest BCUT2D eigenvalue weighted by Crippen LogP contribution is 2.36. The van der Waals surface area contributed by atoms with E-state index in [1.165, 1.54) is 7.11 Å². The molecule has 0 saturated carbocycles. The zero-order valence-corrected chi connectivity index (χ0v) is 19.1. The number of carbonyl (C=O) groups is 1. The third-order valence-electron chi connectivity index (χ3n) is 5.16. The topological polar surface area (TPSA) is 87.0 Å². The Morgan fingerprint density at radius 3 is 2.34 bits per heavy atom. The molecule has 0 bridgehead atoms. The molecule has 3 aromatic rings. The average Bonchev–Trinajstić information content (AvgIpc) is 2.78. The van der Waals surface area contributed by atoms with Crippen molar-refractivity contribution >= 4 is 22.6 Å². The molecule has 1 amide bonds. The number of fused-ring (bicyclic) bond motifs is 1. The maximum absolute atomic E-state index is 13.0. The zero-order chi connectivity index (χ0) is 23.4. The van der Waals surface area contributed by atoms with Crippen LogP contribution in [0.4, 0.5) is 5.69 Å². The quantitative estimate of drug-likeness (QED) is 0.418. The summed E-state index contributed by atoms with van der Waals surface area (Å²) in [4.78, 5) is 25.8. The number of rotatable bonds is 7. The van der Waals surface area contributed by atoms with Crippen LogP contribution in [0.25, 0.3) is 11.0 Å². The van der Waals surface area contributed by atoms with Gasteiger partial charge in [0, 0.05) is 11.1 Å². The van der Waals surface area contributed by atoms with Crippen molar-refractivity contribution in [1.82, 2.24) is 0 Å². The van der Waals surface area contributed by atoms with Crippen molar-refractivity contribution in [3.63, 3.8) is 0 Å². The molecule has 1 N–H and O–H groups in total. The maximum Gasteiger partial charge on any atom is 0.364 e. The highest BCUT2D eigenvalue weighted by Gasteiger charge is 2.21. The second-order valence-electron chi connectivity index (χ2n) is 7.53. The lowest BCUT2D eigenvalue weighted by Crippen LogP contribution is -2.19. The number of allylic oxidation sites excluding steroid dienone is 2. The SMILES string of the molecule is COc1ccc(C(=O)Nc2c(OC)c3ccc(OC)c(C)c3oc2=O)cc1CC=C(C)C. The zero-order valence-electron chi connectivity index (χ0n) is 19.1. The Bertz CT molecular complexity index is 1250. The Hall–Kier alpha value is -3.74. The smallest absolute Gasteiger partial charge is 0.364 e. The van der Waals surface area contributed by atoms with Crippen molar-refractivity contribution in [3.05, 3.63) is 69.1 Å². The van der Waals surface area contributed by atoms with Crippen LogP contribution in [0, 0.1) is 6.92 Å². The molecule has 1 aromatic heterocycles. The molecule has 0 aliphatic rings. The van der Waals surface area contributed by atoms with Crippen molar-refractivity contribution < 1.29 is 23.4 Å². The first-order valence-electron chi connectivity index (χ1n) is 10.1. The number of nitrogens with one attached hydrogen (secondary N) is 1. The van der Waals surface area contributed by atoms with Crippen LogP contribution in [0.15, 0.2) is 51.2 Å². The van der Waals surface area contributed by atoms with Gasteiger partial charge in [-0.05, 0) is 63.1 Å². The monoisotopic (exact) mass is 437 g/mol. The molecule has 32 heavy (non-hydrogen) atoms. The predicted molar refractivity (Wildman–Crippen MR) is 124 cm³/mol. The van der Waals surface area contributed by atoms with Crippen LogP contribution < -0.4 is 25.2 Å². The number of amides is 1. The third-order valence-corrected chi connectivity index (χ3v) is 5.16. The molecular weight excluding hydrogens is 410 g/mol. The van der Waals surface area contributed by atoms with Gasteiger partial charge in [0.2, 0.25) is 0 Å². The number of hydrogen-bond donors (Lipinski definition) is 1. The van der Waals surface area contributed by atoms with E-state index < -0.39 is 11.5 Å². The molecule has 0 saturated heterocycles. The lowest BCUT2D eigenvalue weighted by atomic mass is 10.0. The molecular formula is C25H27NO6. The first-order valence-corrected chi connectivity index (χ1v) is 10.1. The molecule has 0 unspecified atom stereocenters. The molecule has 0 radical (unpaired) electrons. The molecule has 0 aliphatic carbocycles. The normalized spacial score (nSPS) is 10.6. The van der Waals surface area contributed by atoms with Crippen LogP contribution >= 0.6 is 0 Å². The highest BCUT2D eigenvalue weighted by atomic mass is 16.5. The molecule has 1 heterocycles. The van der Waals surface area contributed by atoms with Gasteiger partial charge >= 0.3 is 5.63 Å². The van der Waals surface area contributed by atoms with Crippen LogP contribution in [0.1, 0.15) is 35.3 Å². The number of methoxy groups -OCH3 is 3. The summed E-state index contributed by atoms with van der Waals surface area (Å²) in [6, 6.07) is 8.61. The number of hydrogen-bond acceptors (Lipinski definition) is 6. The van der Waals surface area contributed by atoms with Crippen LogP contribution in [0.2, 0.25) is 0 Å². The first kappa shape index (κ1) is 22.9. The number of benzene rings is 2. The van der Waals surface area contributed by atoms with E-state index in [1.807, 2.05) is 13.8 Å². The van der Waals surface area contributed by atoms with Crippen molar-refractivity contribution in [2.45, 2.75) is 27.2 Å². The fourth-order valence-corrected chi connectivity index (χ4v) is 3.48. The minimum Gasteiger partial charge on any atom is -0.496 e. The Balaban J connectivity index is 2.03. The van der Waals surface area contributed by atoms with Gasteiger partial charge in [-0.2, -0.15) is 0 Å². The summed E-state index contributed by atoms with van der Waals surface area (Å²) in [6.07, 6.45) is 2.67. The minimum absolute atomic E-state index is 0.0590. The predicted octanol–water partition coefficient (Wildman–Crippen LogP) is 4.89. The largest absolute Gasteiger partial charge is 0.496 e. The minimum atomic E-state index is -0.711. The van der Waals surface area contributed by atoms with E-state index >= 15 is 0 Å². The Kier molecular flexibility index (Phi) is 6.88. The van der Waals surface area contributed by atoms with Gasteiger partial charge in [0.25, 0.3) is 5.91 Å². The van der Waals surface area contributed by atoms with Crippen LogP contribution in [-0.4, -0.2) is 27.2 Å². The van der Waals surface area contributed by atoms with Gasteiger partial charge in [-0.15, -0.1) is 0 Å². The van der Waals surface area contributed by atoms with Crippen molar-refractivity contribution in [2.24, 2.45) is 0 Å². The lowest BCUT2D eigenvalue weighted by molar-refractivity contribution is 0.102. The van der Waals surface area contributed by atoms with E-state index in [2.05, 4.69) is 11.4 Å². The molecule has 0 atom stereocenters. The van der Waals surface area contributed by atoms with Crippen molar-refractivity contribution in [1.29, 1.82) is 0 Å². The molecule has 0 fully saturated rings. The van der Waals surface area contributed by atoms with Gasteiger partial charge in [0.1, 0.15) is 17.1 Å². The van der Waals surface area contributed by atoms with Gasteiger partial charge < -0.3 is 23.9 Å². The number of ether oxygens (including phenoxy) is 3. The number of aryl methyl sites for hydroxylation is 1. The van der Waals surface area contributed by atoms with E-state index in [1.54, 1.807) is 51.5 Å². The van der Waals surface area contributed by atoms with Crippen LogP contribution in [-0.2, 0) is 6.42 Å². The summed E-state index contributed by atoms with van der Waals surface area (Å²) in [7, 11) is 4.57. The summed E-state index contributed by atoms with van der Waals surface area (Å²) in [5.74, 6) is 1.04. The number of carbonyl (C=O) groups excluding carboxylic acids is 1. The van der Waals surface area contributed by atoms with Gasteiger partial charge in [0.05, 0.1) is 26.7 Å². The molecule has 168 valence electrons. The van der Waals surface area contributed by atoms with E-state index in [9.17, 15) is 9.59 Å². The Morgan fingerprint density at radius 1 is 1.03 bits per heavy atom. The Morgan fingerprint density at radius 2 is 1.72 bits per heavy atom. The summed E-state index contributed by atoms with van der Waals surface area (Å²) < 4.78 is 21.7. The standard InChI is InChI=1S/C25H27NO6/c1-14(2)7-8-16-13-17(9-11-20(16)30-5)24(27)26-21-23(31-6)18-10-12-19(29-4)15(3)22(18)32-25(21)28/h7,9-13H,8H2,1-6H3,(H,26,27). The van der Waals surface area contributed by atoms with Crippen LogP contribution in [0.5, 0.6) is 17.2 Å². The second kappa shape index (κ2) is 9.60. The van der Waals surface area contributed by atoms with Gasteiger partial charge in [-0.3, -0.25) is 4.79 Å². The molecule has 7 heteroatoms. The molecule has 7 nitrogen and oxygen atoms in total. The average molecular weight is 437 g/mol. The summed E-state index contributed by atoms with van der Waals surface area (Å²) in [6.45, 7) is 5.80. The van der Waals surface area contributed by atoms with Crippen molar-refractivity contribution in [3.8, 4) is 17.2 Å².